The zero-order chi connectivity index (χ0) is 37.5. The maximum atomic E-state index is 7.03. The van der Waals surface area contributed by atoms with Crippen LogP contribution in [0, 0.1) is 20.8 Å². The summed E-state index contributed by atoms with van der Waals surface area (Å²) >= 11 is 0. The molecule has 1 aromatic heterocycles. The molecule has 4 nitrogen and oxygen atoms in total. The van der Waals surface area contributed by atoms with E-state index in [0.717, 1.165) is 28.4 Å². The number of fused-ring (bicyclic) bond motifs is 11. The summed E-state index contributed by atoms with van der Waals surface area (Å²) in [5, 5.41) is 0. The molecular weight excluding hydrogens is 683 g/mol. The first-order chi connectivity index (χ1) is 27.5. The Morgan fingerprint density at radius 3 is 1.79 bits per heavy atom. The molecular formula is C52H39N3O. The molecule has 1 aliphatic heterocycles. The zero-order valence-electron chi connectivity index (χ0n) is 31.6. The van der Waals surface area contributed by atoms with Gasteiger partial charge >= 0.3 is 0 Å². The van der Waals surface area contributed by atoms with Gasteiger partial charge in [-0.2, -0.15) is 0 Å². The van der Waals surface area contributed by atoms with Crippen LogP contribution in [0.4, 0.5) is 22.7 Å². The number of nitrogens with zero attached hydrogens (tertiary/aromatic N) is 3. The molecule has 2 heterocycles. The first kappa shape index (κ1) is 32.5. The number of benzene rings is 7. The molecule has 0 radical (unpaired) electrons. The fraction of sp³-hybridized carbons (Fsp3) is 0.0962. The minimum atomic E-state index is -0.501. The molecule has 0 saturated carbocycles. The number of aryl methyl sites for hydroxylation is 3. The summed E-state index contributed by atoms with van der Waals surface area (Å²) in [6.07, 6.45) is 1.88. The molecule has 0 bridgehead atoms. The van der Waals surface area contributed by atoms with Crippen molar-refractivity contribution in [1.82, 2.24) is 4.98 Å². The molecule has 268 valence electrons. The third-order valence-electron chi connectivity index (χ3n) is 12.0. The molecule has 7 aromatic carbocycles. The van der Waals surface area contributed by atoms with Crippen molar-refractivity contribution in [1.29, 1.82) is 0 Å². The first-order valence-electron chi connectivity index (χ1n) is 19.4. The van der Waals surface area contributed by atoms with E-state index in [-0.39, 0.29) is 0 Å². The zero-order valence-corrected chi connectivity index (χ0v) is 31.6. The summed E-state index contributed by atoms with van der Waals surface area (Å²) in [6, 6.07) is 59.2. The minimum absolute atomic E-state index is 0.501. The van der Waals surface area contributed by atoms with Gasteiger partial charge in [-0.3, -0.25) is 4.98 Å². The minimum Gasteiger partial charge on any atom is -0.457 e. The molecule has 0 amide bonds. The van der Waals surface area contributed by atoms with E-state index in [9.17, 15) is 0 Å². The Bertz CT molecular complexity index is 2810. The lowest BCUT2D eigenvalue weighted by molar-refractivity contribution is 0.482. The maximum absolute atomic E-state index is 7.03. The second kappa shape index (κ2) is 12.3. The molecule has 1 spiro atoms. The Morgan fingerprint density at radius 2 is 1.11 bits per heavy atom. The molecule has 0 atom stereocenters. The number of rotatable bonds is 5. The Morgan fingerprint density at radius 1 is 0.500 bits per heavy atom. The number of aromatic nitrogens is 1. The monoisotopic (exact) mass is 721 g/mol. The molecule has 2 aliphatic carbocycles. The van der Waals surface area contributed by atoms with Gasteiger partial charge in [-0.05, 0) is 125 Å². The summed E-state index contributed by atoms with van der Waals surface area (Å²) in [4.78, 5) is 9.76. The van der Waals surface area contributed by atoms with Crippen LogP contribution in [0.2, 0.25) is 0 Å². The molecule has 0 fully saturated rings. The maximum Gasteiger partial charge on any atom is 0.129 e. The van der Waals surface area contributed by atoms with Crippen molar-refractivity contribution < 1.29 is 4.74 Å². The number of anilines is 4. The van der Waals surface area contributed by atoms with Crippen molar-refractivity contribution in [3.05, 3.63) is 209 Å². The van der Waals surface area contributed by atoms with Gasteiger partial charge in [0.25, 0.3) is 0 Å². The second-order valence-electron chi connectivity index (χ2n) is 15.3. The number of ether oxygens (including phenoxy) is 1. The first-order valence-corrected chi connectivity index (χ1v) is 19.4. The van der Waals surface area contributed by atoms with Gasteiger partial charge in [0.2, 0.25) is 0 Å². The molecule has 0 N–H and O–H groups in total. The average Bonchev–Trinajstić information content (AvgIpc) is 3.85. The van der Waals surface area contributed by atoms with Crippen LogP contribution in [0.1, 0.15) is 38.9 Å². The van der Waals surface area contributed by atoms with E-state index in [0.29, 0.717) is 6.67 Å². The van der Waals surface area contributed by atoms with Gasteiger partial charge in [0.15, 0.2) is 0 Å². The van der Waals surface area contributed by atoms with Crippen molar-refractivity contribution >= 4 is 22.7 Å². The van der Waals surface area contributed by atoms with Crippen LogP contribution in [0.15, 0.2) is 170 Å². The third kappa shape index (κ3) is 4.62. The highest BCUT2D eigenvalue weighted by molar-refractivity contribution is 6.00. The summed E-state index contributed by atoms with van der Waals surface area (Å²) in [6.45, 7) is 7.31. The highest BCUT2D eigenvalue weighted by Gasteiger charge is 2.52. The van der Waals surface area contributed by atoms with Gasteiger partial charge in [0, 0.05) is 29.2 Å². The molecule has 0 unspecified atom stereocenters. The quantitative estimate of drug-likeness (QED) is 0.177. The van der Waals surface area contributed by atoms with E-state index in [4.69, 9.17) is 9.72 Å². The van der Waals surface area contributed by atoms with Crippen LogP contribution >= 0.6 is 0 Å². The molecule has 4 heteroatoms. The largest absolute Gasteiger partial charge is 0.457 e. The molecule has 11 rings (SSSR count). The van der Waals surface area contributed by atoms with Crippen molar-refractivity contribution in [2.75, 3.05) is 16.5 Å². The predicted octanol–water partition coefficient (Wildman–Crippen LogP) is 13.1. The summed E-state index contributed by atoms with van der Waals surface area (Å²) in [5.41, 5.74) is 20.2. The summed E-state index contributed by atoms with van der Waals surface area (Å²) in [7, 11) is 0. The Labute approximate surface area is 327 Å². The standard InChI is InChI=1S/C52H39N3O/c1-33-27-34(2)51(35(3)28-33)55-32-54(48-24-10-11-25-49(48)55)36-15-14-16-37(29-36)56-38-30-42(47-23-12-13-26-53-47)50-41-19-6-9-22-45(41)52(46(50)31-38)43-20-7-4-17-39(43)40-18-5-8-21-44(40)52/h4-31H,32H2,1-3H3. The highest BCUT2D eigenvalue weighted by atomic mass is 16.5. The van der Waals surface area contributed by atoms with Crippen LogP contribution in [0.3, 0.4) is 0 Å². The number of hydrogen-bond acceptors (Lipinski definition) is 4. The SMILES string of the molecule is Cc1cc(C)c(N2CN(c3cccc(Oc4cc(-c5ccccn5)c5c(c4)C4(c6ccccc6-c6ccccc64)c4ccccc4-5)c3)c3ccccc32)c(C)c1. The van der Waals surface area contributed by atoms with Crippen LogP contribution in [0.25, 0.3) is 33.5 Å². The fourth-order valence-corrected chi connectivity index (χ4v) is 10.0. The number of para-hydroxylation sites is 2. The van der Waals surface area contributed by atoms with Gasteiger partial charge in [-0.15, -0.1) is 0 Å². The fourth-order valence-electron chi connectivity index (χ4n) is 10.0. The third-order valence-corrected chi connectivity index (χ3v) is 12.0. The lowest BCUT2D eigenvalue weighted by Gasteiger charge is -2.31. The lowest BCUT2D eigenvalue weighted by atomic mass is 9.70. The van der Waals surface area contributed by atoms with E-state index in [1.165, 1.54) is 78.3 Å². The van der Waals surface area contributed by atoms with Gasteiger partial charge in [0.1, 0.15) is 18.2 Å². The Balaban J connectivity index is 1.06. The van der Waals surface area contributed by atoms with E-state index in [1.54, 1.807) is 0 Å². The van der Waals surface area contributed by atoms with Crippen molar-refractivity contribution in [3.8, 4) is 45.0 Å². The topological polar surface area (TPSA) is 28.6 Å². The Hall–Kier alpha value is -6.91. The van der Waals surface area contributed by atoms with E-state index in [2.05, 4.69) is 188 Å². The summed E-state index contributed by atoms with van der Waals surface area (Å²) in [5.74, 6) is 1.56. The van der Waals surface area contributed by atoms with Crippen LogP contribution < -0.4 is 14.5 Å². The van der Waals surface area contributed by atoms with Crippen molar-refractivity contribution in [2.45, 2.75) is 26.2 Å². The molecule has 8 aromatic rings. The van der Waals surface area contributed by atoms with Crippen LogP contribution in [0.5, 0.6) is 11.5 Å². The van der Waals surface area contributed by atoms with Gasteiger partial charge in [-0.25, -0.2) is 0 Å². The molecule has 56 heavy (non-hydrogen) atoms. The molecule has 0 saturated heterocycles. The van der Waals surface area contributed by atoms with Crippen LogP contribution in [-0.4, -0.2) is 11.7 Å². The van der Waals surface area contributed by atoms with E-state index in [1.807, 2.05) is 12.3 Å². The van der Waals surface area contributed by atoms with Crippen molar-refractivity contribution in [2.24, 2.45) is 0 Å². The Kier molecular flexibility index (Phi) is 7.14. The average molecular weight is 722 g/mol. The highest BCUT2D eigenvalue weighted by Crippen LogP contribution is 2.64. The number of hydrogen-bond donors (Lipinski definition) is 0. The molecule has 3 aliphatic rings. The normalized spacial score (nSPS) is 14.0. The van der Waals surface area contributed by atoms with Gasteiger partial charge < -0.3 is 14.5 Å². The van der Waals surface area contributed by atoms with Gasteiger partial charge in [-0.1, -0.05) is 115 Å². The smallest absolute Gasteiger partial charge is 0.129 e. The lowest BCUT2D eigenvalue weighted by Crippen LogP contribution is -2.25. The van der Waals surface area contributed by atoms with Crippen molar-refractivity contribution in [3.63, 3.8) is 0 Å². The van der Waals surface area contributed by atoms with Crippen LogP contribution in [-0.2, 0) is 5.41 Å². The van der Waals surface area contributed by atoms with E-state index >= 15 is 0 Å². The summed E-state index contributed by atoms with van der Waals surface area (Å²) < 4.78 is 7.03. The number of pyridine rings is 1. The second-order valence-corrected chi connectivity index (χ2v) is 15.3. The van der Waals surface area contributed by atoms with Gasteiger partial charge in [0.05, 0.1) is 22.5 Å². The predicted molar refractivity (Wildman–Crippen MR) is 229 cm³/mol. The van der Waals surface area contributed by atoms with E-state index < -0.39 is 5.41 Å².